The normalized spacial score (nSPS) is 25.2. The van der Waals surface area contributed by atoms with E-state index in [2.05, 4.69) is 10.3 Å². The summed E-state index contributed by atoms with van der Waals surface area (Å²) in [5, 5.41) is 18.5. The van der Waals surface area contributed by atoms with E-state index in [1.54, 1.807) is 16.5 Å². The van der Waals surface area contributed by atoms with Crippen LogP contribution in [0, 0.1) is 5.92 Å². The average Bonchev–Trinajstić information content (AvgIpc) is 3.11. The van der Waals surface area contributed by atoms with Crippen LogP contribution in [0.25, 0.3) is 0 Å². The molecule has 1 amide bonds. The van der Waals surface area contributed by atoms with E-state index in [1.165, 1.54) is 6.42 Å². The molecule has 138 valence electrons. The maximum atomic E-state index is 13.2. The van der Waals surface area contributed by atoms with Crippen LogP contribution in [-0.2, 0) is 9.59 Å². The number of β-amino-alcohol motifs (C(OH)–C–C–N with tert-alkyl or cyclic N) is 1. The first-order chi connectivity index (χ1) is 11.9. The van der Waals surface area contributed by atoms with Gasteiger partial charge in [0, 0.05) is 31.5 Å². The Morgan fingerprint density at radius 1 is 1.36 bits per heavy atom. The minimum Gasteiger partial charge on any atom is -0.391 e. The summed E-state index contributed by atoms with van der Waals surface area (Å²) in [6.45, 7) is 5.94. The van der Waals surface area contributed by atoms with Crippen LogP contribution in [0.15, 0.2) is 6.20 Å². The first-order valence-corrected chi connectivity index (χ1v) is 9.35. The quantitative estimate of drug-likeness (QED) is 0.845. The second-order valence-corrected chi connectivity index (χ2v) is 7.66. The molecule has 0 radical (unpaired) electrons. The molecule has 1 saturated heterocycles. The van der Waals surface area contributed by atoms with E-state index in [9.17, 15) is 14.7 Å². The zero-order chi connectivity index (χ0) is 18.1. The van der Waals surface area contributed by atoms with Gasteiger partial charge in [0.2, 0.25) is 5.91 Å². The summed E-state index contributed by atoms with van der Waals surface area (Å²) in [6.07, 6.45) is 5.41. The lowest BCUT2D eigenvalue weighted by molar-refractivity contribution is -0.141. The van der Waals surface area contributed by atoms with Gasteiger partial charge in [0.15, 0.2) is 5.78 Å². The molecule has 2 heterocycles. The number of hydrogen-bond donors (Lipinski definition) is 1. The van der Waals surface area contributed by atoms with E-state index < -0.39 is 18.2 Å². The van der Waals surface area contributed by atoms with Gasteiger partial charge in [0.25, 0.3) is 0 Å². The number of hydrogen-bond acceptors (Lipinski definition) is 5. The van der Waals surface area contributed by atoms with Crippen molar-refractivity contribution in [1.82, 2.24) is 19.9 Å². The van der Waals surface area contributed by atoms with Gasteiger partial charge in [-0.05, 0) is 18.8 Å². The van der Waals surface area contributed by atoms with Gasteiger partial charge in [0.05, 0.1) is 17.8 Å². The third-order valence-electron chi connectivity index (χ3n) is 5.50. The number of Topliss-reactive ketones (excluding diaryl/α,β-unsaturated/α-hetero) is 1. The highest BCUT2D eigenvalue weighted by molar-refractivity contribution is 5.91. The van der Waals surface area contributed by atoms with Crippen molar-refractivity contribution < 1.29 is 14.7 Å². The molecule has 1 aromatic heterocycles. The zero-order valence-electron chi connectivity index (χ0n) is 15.3. The van der Waals surface area contributed by atoms with Crippen LogP contribution in [0.3, 0.4) is 0 Å². The smallest absolute Gasteiger partial charge is 0.248 e. The summed E-state index contributed by atoms with van der Waals surface area (Å²) in [5.41, 5.74) is 0.951. The Kier molecular flexibility index (Phi) is 5.22. The Morgan fingerprint density at radius 3 is 2.64 bits per heavy atom. The molecule has 3 rings (SSSR count). The number of carbonyl (C=O) groups is 2. The Morgan fingerprint density at radius 2 is 2.08 bits per heavy atom. The monoisotopic (exact) mass is 348 g/mol. The molecule has 2 fully saturated rings. The first kappa shape index (κ1) is 18.0. The number of amides is 1. The fraction of sp³-hybridized carbons (Fsp3) is 0.778. The Balaban J connectivity index is 1.83. The molecule has 1 aliphatic carbocycles. The first-order valence-electron chi connectivity index (χ1n) is 9.35. The highest BCUT2D eigenvalue weighted by Crippen LogP contribution is 2.35. The number of aromatic nitrogens is 3. The molecule has 0 bridgehead atoms. The lowest BCUT2D eigenvalue weighted by Gasteiger charge is -2.29. The molecular weight excluding hydrogens is 320 g/mol. The van der Waals surface area contributed by atoms with Crippen LogP contribution >= 0.6 is 0 Å². The summed E-state index contributed by atoms with van der Waals surface area (Å²) in [7, 11) is 0. The van der Waals surface area contributed by atoms with Crippen molar-refractivity contribution in [3.63, 3.8) is 0 Å². The van der Waals surface area contributed by atoms with E-state index in [0.29, 0.717) is 18.8 Å². The molecule has 1 saturated carbocycles. The number of aliphatic hydroxyl groups is 1. The molecule has 3 atom stereocenters. The maximum Gasteiger partial charge on any atom is 0.248 e. The third kappa shape index (κ3) is 3.47. The molecule has 1 aromatic rings. The summed E-state index contributed by atoms with van der Waals surface area (Å²) in [5.74, 6) is 0.322. The van der Waals surface area contributed by atoms with Crippen LogP contribution in [0.1, 0.15) is 70.5 Å². The molecule has 7 heteroatoms. The van der Waals surface area contributed by atoms with E-state index >= 15 is 0 Å². The number of carbonyl (C=O) groups excluding carboxylic acids is 2. The van der Waals surface area contributed by atoms with Gasteiger partial charge in [-0.3, -0.25) is 9.59 Å². The predicted octanol–water partition coefficient (Wildman–Crippen LogP) is 1.68. The highest BCUT2D eigenvalue weighted by atomic mass is 16.3. The highest BCUT2D eigenvalue weighted by Gasteiger charge is 2.42. The van der Waals surface area contributed by atoms with Gasteiger partial charge >= 0.3 is 0 Å². The standard InChI is InChI=1S/C18H28N4O3/c1-4-16(24)15-8-13(23)9-21(15)18(25)17(11(2)3)22-10-14(19-20-22)12-6-5-7-12/h10-13,15,17,23H,4-9H2,1-3H3. The van der Waals surface area contributed by atoms with E-state index in [0.717, 1.165) is 18.5 Å². The van der Waals surface area contributed by atoms with Gasteiger partial charge in [-0.15, -0.1) is 5.10 Å². The Bertz CT molecular complexity index is 638. The lowest BCUT2D eigenvalue weighted by atomic mass is 9.83. The largest absolute Gasteiger partial charge is 0.391 e. The lowest BCUT2D eigenvalue weighted by Crippen LogP contribution is -2.45. The maximum absolute atomic E-state index is 13.2. The summed E-state index contributed by atoms with van der Waals surface area (Å²) >= 11 is 0. The van der Waals surface area contributed by atoms with Gasteiger partial charge < -0.3 is 10.0 Å². The average molecular weight is 348 g/mol. The number of rotatable bonds is 6. The van der Waals surface area contributed by atoms with Gasteiger partial charge in [-0.1, -0.05) is 32.4 Å². The number of aliphatic hydroxyl groups excluding tert-OH is 1. The summed E-state index contributed by atoms with van der Waals surface area (Å²) in [4.78, 5) is 27.0. The van der Waals surface area contributed by atoms with Crippen molar-refractivity contribution in [2.75, 3.05) is 6.54 Å². The zero-order valence-corrected chi connectivity index (χ0v) is 15.3. The molecule has 3 unspecified atom stereocenters. The van der Waals surface area contributed by atoms with Crippen LogP contribution in [-0.4, -0.2) is 55.4 Å². The molecule has 0 spiro atoms. The molecule has 7 nitrogen and oxygen atoms in total. The predicted molar refractivity (Wildman–Crippen MR) is 91.9 cm³/mol. The number of ketones is 1. The molecule has 2 aliphatic rings. The fourth-order valence-corrected chi connectivity index (χ4v) is 3.79. The van der Waals surface area contributed by atoms with Crippen molar-refractivity contribution in [3.05, 3.63) is 11.9 Å². The number of likely N-dealkylation sites (tertiary alicyclic amines) is 1. The molecular formula is C18H28N4O3. The Labute approximate surface area is 148 Å². The fourth-order valence-electron chi connectivity index (χ4n) is 3.79. The van der Waals surface area contributed by atoms with Crippen LogP contribution in [0.2, 0.25) is 0 Å². The van der Waals surface area contributed by atoms with E-state index in [4.69, 9.17) is 0 Å². The SMILES string of the molecule is CCC(=O)C1CC(O)CN1C(=O)C(C(C)C)n1cc(C2CCC2)nn1. The van der Waals surface area contributed by atoms with Crippen molar-refractivity contribution in [3.8, 4) is 0 Å². The van der Waals surface area contributed by atoms with Crippen molar-refractivity contribution in [2.45, 2.75) is 77.0 Å². The minimum atomic E-state index is -0.640. The second-order valence-electron chi connectivity index (χ2n) is 7.66. The van der Waals surface area contributed by atoms with Crippen molar-refractivity contribution in [2.24, 2.45) is 5.92 Å². The Hall–Kier alpha value is -1.76. The third-order valence-corrected chi connectivity index (χ3v) is 5.50. The van der Waals surface area contributed by atoms with Gasteiger partial charge in [-0.2, -0.15) is 0 Å². The van der Waals surface area contributed by atoms with E-state index in [-0.39, 0.29) is 24.2 Å². The summed E-state index contributed by atoms with van der Waals surface area (Å²) in [6, 6.07) is -1.03. The minimum absolute atomic E-state index is 0.00107. The topological polar surface area (TPSA) is 88.3 Å². The second kappa shape index (κ2) is 7.23. The van der Waals surface area contributed by atoms with Crippen LogP contribution in [0.5, 0.6) is 0 Å². The molecule has 1 aliphatic heterocycles. The van der Waals surface area contributed by atoms with Gasteiger partial charge in [-0.25, -0.2) is 4.68 Å². The molecule has 0 aromatic carbocycles. The van der Waals surface area contributed by atoms with E-state index in [1.807, 2.05) is 20.0 Å². The van der Waals surface area contributed by atoms with Crippen molar-refractivity contribution in [1.29, 1.82) is 0 Å². The molecule has 1 N–H and O–H groups in total. The number of nitrogens with zero attached hydrogens (tertiary/aromatic N) is 4. The van der Waals surface area contributed by atoms with Gasteiger partial charge in [0.1, 0.15) is 6.04 Å². The van der Waals surface area contributed by atoms with Crippen molar-refractivity contribution >= 4 is 11.7 Å². The molecule has 25 heavy (non-hydrogen) atoms. The summed E-state index contributed by atoms with van der Waals surface area (Å²) < 4.78 is 1.65. The van der Waals surface area contributed by atoms with Crippen LogP contribution in [0.4, 0.5) is 0 Å². The van der Waals surface area contributed by atoms with Crippen LogP contribution < -0.4 is 0 Å².